The average Bonchev–Trinajstić information content (AvgIpc) is 3.10. The zero-order valence-corrected chi connectivity index (χ0v) is 14.9. The van der Waals surface area contributed by atoms with Gasteiger partial charge in [0.15, 0.2) is 11.7 Å². The Hall–Kier alpha value is -2.06. The topological polar surface area (TPSA) is 80.3 Å². The first-order valence-electron chi connectivity index (χ1n) is 7.35. The van der Waals surface area contributed by atoms with E-state index in [4.69, 9.17) is 4.74 Å². The molecule has 0 radical (unpaired) electrons. The number of nitrogens with zero attached hydrogens (tertiary/aromatic N) is 1. The predicted octanol–water partition coefficient (Wildman–Crippen LogP) is 2.40. The van der Waals surface area contributed by atoms with E-state index in [1.807, 2.05) is 24.5 Å². The Kier molecular flexibility index (Phi) is 7.57. The maximum absolute atomic E-state index is 12.3. The predicted molar refractivity (Wildman–Crippen MR) is 97.6 cm³/mol. The summed E-state index contributed by atoms with van der Waals surface area (Å²) in [7, 11) is 0. The molecule has 2 rings (SSSR count). The Morgan fingerprint density at radius 3 is 2.79 bits per heavy atom. The van der Waals surface area contributed by atoms with E-state index < -0.39 is 6.04 Å². The van der Waals surface area contributed by atoms with Crippen LogP contribution in [0.5, 0.6) is 5.75 Å². The fraction of sp³-hybridized carbons (Fsp3) is 0.312. The quantitative estimate of drug-likeness (QED) is 0.713. The number of nitrogens with one attached hydrogen (secondary N) is 2. The summed E-state index contributed by atoms with van der Waals surface area (Å²) in [5.74, 6) is 0.766. The zero-order valence-electron chi connectivity index (χ0n) is 13.2. The Morgan fingerprint density at radius 2 is 2.12 bits per heavy atom. The Bertz CT molecular complexity index is 635. The van der Waals surface area contributed by atoms with Gasteiger partial charge in [-0.3, -0.25) is 9.59 Å². The van der Waals surface area contributed by atoms with E-state index in [1.54, 1.807) is 35.5 Å². The van der Waals surface area contributed by atoms with Crippen molar-refractivity contribution in [3.8, 4) is 5.75 Å². The maximum Gasteiger partial charge on any atom is 0.258 e. The van der Waals surface area contributed by atoms with Gasteiger partial charge in [-0.15, -0.1) is 11.3 Å². The minimum Gasteiger partial charge on any atom is -0.484 e. The average molecular weight is 365 g/mol. The van der Waals surface area contributed by atoms with E-state index in [9.17, 15) is 9.59 Å². The molecule has 0 bridgehead atoms. The number of amides is 2. The molecule has 0 fully saturated rings. The molecule has 0 saturated heterocycles. The monoisotopic (exact) mass is 365 g/mol. The van der Waals surface area contributed by atoms with Crippen LogP contribution in [0.25, 0.3) is 0 Å². The molecule has 0 aliphatic carbocycles. The Labute approximate surface area is 149 Å². The maximum atomic E-state index is 12.3. The molecule has 0 saturated carbocycles. The molecule has 2 N–H and O–H groups in total. The van der Waals surface area contributed by atoms with Gasteiger partial charge in [0.05, 0.1) is 0 Å². The molecule has 0 unspecified atom stereocenters. The summed E-state index contributed by atoms with van der Waals surface area (Å²) in [6.07, 6.45) is 4.11. The normalized spacial score (nSPS) is 11.5. The SMILES string of the molecule is CSCC[C@@H](NC(=O)COc1ccccc1)C(=O)Nc1nccs1. The second-order valence-corrected chi connectivity index (χ2v) is 6.71. The Morgan fingerprint density at radius 1 is 1.33 bits per heavy atom. The summed E-state index contributed by atoms with van der Waals surface area (Å²) >= 11 is 2.95. The van der Waals surface area contributed by atoms with E-state index in [-0.39, 0.29) is 18.4 Å². The van der Waals surface area contributed by atoms with Gasteiger partial charge in [-0.1, -0.05) is 18.2 Å². The van der Waals surface area contributed by atoms with Crippen LogP contribution in [0.4, 0.5) is 5.13 Å². The lowest BCUT2D eigenvalue weighted by atomic mass is 10.2. The van der Waals surface area contributed by atoms with Crippen molar-refractivity contribution in [3.63, 3.8) is 0 Å². The van der Waals surface area contributed by atoms with Crippen molar-refractivity contribution in [2.45, 2.75) is 12.5 Å². The van der Waals surface area contributed by atoms with Gasteiger partial charge in [-0.25, -0.2) is 4.98 Å². The summed E-state index contributed by atoms with van der Waals surface area (Å²) in [5.41, 5.74) is 0. The third-order valence-corrected chi connectivity index (χ3v) is 4.37. The molecular formula is C16H19N3O3S2. The van der Waals surface area contributed by atoms with Crippen LogP contribution >= 0.6 is 23.1 Å². The number of carbonyl (C=O) groups is 2. The minimum atomic E-state index is -0.617. The number of thiazole rings is 1. The molecule has 8 heteroatoms. The smallest absolute Gasteiger partial charge is 0.258 e. The highest BCUT2D eigenvalue weighted by Gasteiger charge is 2.21. The number of para-hydroxylation sites is 1. The molecule has 24 heavy (non-hydrogen) atoms. The highest BCUT2D eigenvalue weighted by molar-refractivity contribution is 7.98. The first kappa shape index (κ1) is 18.3. The van der Waals surface area contributed by atoms with E-state index >= 15 is 0 Å². The van der Waals surface area contributed by atoms with Crippen molar-refractivity contribution < 1.29 is 14.3 Å². The van der Waals surface area contributed by atoms with E-state index in [1.165, 1.54) is 11.3 Å². The molecule has 2 amide bonds. The summed E-state index contributed by atoms with van der Waals surface area (Å²) in [6.45, 7) is -0.135. The van der Waals surface area contributed by atoms with Gasteiger partial charge < -0.3 is 15.4 Å². The van der Waals surface area contributed by atoms with Crippen molar-refractivity contribution in [2.75, 3.05) is 23.9 Å². The van der Waals surface area contributed by atoms with Gasteiger partial charge in [0.2, 0.25) is 5.91 Å². The number of rotatable bonds is 9. The lowest BCUT2D eigenvalue weighted by Gasteiger charge is -2.17. The van der Waals surface area contributed by atoms with Crippen LogP contribution in [-0.4, -0.2) is 41.5 Å². The molecule has 1 atom stereocenters. The van der Waals surface area contributed by atoms with Crippen molar-refractivity contribution in [2.24, 2.45) is 0 Å². The van der Waals surface area contributed by atoms with Crippen LogP contribution in [-0.2, 0) is 9.59 Å². The number of carbonyl (C=O) groups excluding carboxylic acids is 2. The second kappa shape index (κ2) is 9.94. The van der Waals surface area contributed by atoms with Crippen molar-refractivity contribution >= 4 is 40.0 Å². The number of benzene rings is 1. The highest BCUT2D eigenvalue weighted by Crippen LogP contribution is 2.12. The Balaban J connectivity index is 1.87. The molecule has 1 aromatic carbocycles. The summed E-state index contributed by atoms with van der Waals surface area (Å²) in [5, 5.41) is 7.73. The summed E-state index contributed by atoms with van der Waals surface area (Å²) < 4.78 is 5.40. The number of hydrogen-bond donors (Lipinski definition) is 2. The van der Waals surface area contributed by atoms with Crippen LogP contribution in [0, 0.1) is 0 Å². The van der Waals surface area contributed by atoms with Gasteiger partial charge >= 0.3 is 0 Å². The van der Waals surface area contributed by atoms with Crippen LogP contribution in [0.1, 0.15) is 6.42 Å². The zero-order chi connectivity index (χ0) is 17.2. The van der Waals surface area contributed by atoms with E-state index in [0.717, 1.165) is 5.75 Å². The first-order chi connectivity index (χ1) is 11.7. The van der Waals surface area contributed by atoms with Crippen molar-refractivity contribution in [3.05, 3.63) is 41.9 Å². The van der Waals surface area contributed by atoms with Gasteiger partial charge in [-0.05, 0) is 30.6 Å². The molecule has 0 spiro atoms. The van der Waals surface area contributed by atoms with Crippen LogP contribution in [0.15, 0.2) is 41.9 Å². The summed E-state index contributed by atoms with van der Waals surface area (Å²) in [4.78, 5) is 28.4. The van der Waals surface area contributed by atoms with Gasteiger partial charge in [0.25, 0.3) is 5.91 Å². The fourth-order valence-electron chi connectivity index (χ4n) is 1.88. The number of aromatic nitrogens is 1. The van der Waals surface area contributed by atoms with Crippen LogP contribution < -0.4 is 15.4 Å². The molecular weight excluding hydrogens is 346 g/mol. The molecule has 1 aromatic heterocycles. The van der Waals surface area contributed by atoms with Crippen molar-refractivity contribution in [1.29, 1.82) is 0 Å². The number of thioether (sulfide) groups is 1. The number of anilines is 1. The third kappa shape index (κ3) is 6.21. The standard InChI is InChI=1S/C16H19N3O3S2/c1-23-9-7-13(15(21)19-16-17-8-10-24-16)18-14(20)11-22-12-5-3-2-4-6-12/h2-6,8,10,13H,7,9,11H2,1H3,(H,18,20)(H,17,19,21)/t13-/m1/s1. The molecule has 128 valence electrons. The molecule has 6 nitrogen and oxygen atoms in total. The van der Waals surface area contributed by atoms with Gasteiger partial charge in [-0.2, -0.15) is 11.8 Å². The minimum absolute atomic E-state index is 0.135. The fourth-order valence-corrected chi connectivity index (χ4v) is 2.89. The van der Waals surface area contributed by atoms with Crippen molar-refractivity contribution in [1.82, 2.24) is 10.3 Å². The molecule has 0 aliphatic rings. The second-order valence-electron chi connectivity index (χ2n) is 4.83. The van der Waals surface area contributed by atoms with Gasteiger partial charge in [0, 0.05) is 11.6 Å². The van der Waals surface area contributed by atoms with E-state index in [0.29, 0.717) is 17.3 Å². The lowest BCUT2D eigenvalue weighted by molar-refractivity contribution is -0.127. The number of hydrogen-bond acceptors (Lipinski definition) is 6. The molecule has 0 aliphatic heterocycles. The number of ether oxygens (including phenoxy) is 1. The molecule has 1 heterocycles. The largest absolute Gasteiger partial charge is 0.484 e. The third-order valence-electron chi connectivity index (χ3n) is 3.04. The lowest BCUT2D eigenvalue weighted by Crippen LogP contribution is -2.45. The first-order valence-corrected chi connectivity index (χ1v) is 9.63. The highest BCUT2D eigenvalue weighted by atomic mass is 32.2. The van der Waals surface area contributed by atoms with E-state index in [2.05, 4.69) is 15.6 Å². The summed E-state index contributed by atoms with van der Waals surface area (Å²) in [6, 6.07) is 8.45. The van der Waals surface area contributed by atoms with Gasteiger partial charge in [0.1, 0.15) is 11.8 Å². The van der Waals surface area contributed by atoms with Crippen LogP contribution in [0.2, 0.25) is 0 Å². The van der Waals surface area contributed by atoms with Crippen LogP contribution in [0.3, 0.4) is 0 Å². The molecule has 2 aromatic rings.